The van der Waals surface area contributed by atoms with Crippen molar-refractivity contribution in [3.8, 4) is 0 Å². The van der Waals surface area contributed by atoms with Gasteiger partial charge in [-0.05, 0) is 55.6 Å². The summed E-state index contributed by atoms with van der Waals surface area (Å²) in [6.07, 6.45) is -1.42. The third kappa shape index (κ3) is 2.28. The van der Waals surface area contributed by atoms with Crippen LogP contribution in [0.15, 0.2) is 23.8 Å². The summed E-state index contributed by atoms with van der Waals surface area (Å²) in [6, 6.07) is -0.164. The molecule has 5 heteroatoms. The number of aliphatic hydroxyl groups excluding tert-OH is 1. The Morgan fingerprint density at radius 2 is 2.19 bits per heavy atom. The molecule has 1 unspecified atom stereocenters. The molecule has 148 valence electrons. The van der Waals surface area contributed by atoms with E-state index in [4.69, 9.17) is 4.11 Å². The summed E-state index contributed by atoms with van der Waals surface area (Å²) in [5.74, 6) is -4.74. The van der Waals surface area contributed by atoms with Gasteiger partial charge >= 0.3 is 0 Å². The molecule has 0 aliphatic heterocycles. The van der Waals surface area contributed by atoms with Gasteiger partial charge in [0.1, 0.15) is 12.2 Å². The molecule has 0 amide bonds. The Kier molecular flexibility index (Phi) is 3.18. The van der Waals surface area contributed by atoms with Gasteiger partial charge in [0.05, 0.1) is 8.82 Å². The van der Waals surface area contributed by atoms with Crippen molar-refractivity contribution >= 4 is 11.6 Å². The predicted molar refractivity (Wildman–Crippen MR) is 99.6 cm³/mol. The molecule has 0 heterocycles. The second kappa shape index (κ2) is 5.85. The van der Waals surface area contributed by atoms with Crippen LogP contribution in [0.3, 0.4) is 0 Å². The first-order valence-corrected chi connectivity index (χ1v) is 9.61. The van der Waals surface area contributed by atoms with Crippen LogP contribution in [0, 0.1) is 34.5 Å². The summed E-state index contributed by atoms with van der Waals surface area (Å²) in [5, 5.41) is 32.4. The van der Waals surface area contributed by atoms with Gasteiger partial charge in [-0.1, -0.05) is 32.4 Å². The number of ketones is 2. The Labute approximate surface area is 165 Å². The fourth-order valence-corrected chi connectivity index (χ4v) is 6.33. The number of hydrogen-bond acceptors (Lipinski definition) is 5. The first-order chi connectivity index (χ1) is 14.2. The van der Waals surface area contributed by atoms with Crippen molar-refractivity contribution in [2.75, 3.05) is 6.61 Å². The number of carbonyl (C=O) groups is 2. The number of carbonyl (C=O) groups excluding carboxylic acids is 2. The number of hydrogen-bond donors (Lipinski definition) is 3. The van der Waals surface area contributed by atoms with E-state index in [2.05, 4.69) is 0 Å². The normalized spacial score (nSPS) is 61.9. The molecule has 3 N–H and O–H groups in total. The lowest BCUT2D eigenvalue weighted by molar-refractivity contribution is -0.180. The van der Waals surface area contributed by atoms with Crippen LogP contribution in [-0.2, 0) is 9.59 Å². The van der Waals surface area contributed by atoms with Crippen LogP contribution in [0.4, 0.5) is 0 Å². The van der Waals surface area contributed by atoms with Gasteiger partial charge in [0.2, 0.25) is 0 Å². The first-order valence-electron chi connectivity index (χ1n) is 11.7. The van der Waals surface area contributed by atoms with E-state index in [9.17, 15) is 26.3 Å². The van der Waals surface area contributed by atoms with E-state index in [1.54, 1.807) is 6.92 Å². The highest BCUT2D eigenvalue weighted by molar-refractivity contribution is 6.01. The molecule has 0 bridgehead atoms. The van der Waals surface area contributed by atoms with Gasteiger partial charge < -0.3 is 15.3 Å². The van der Waals surface area contributed by atoms with Crippen LogP contribution in [0.2, 0.25) is 0 Å². The molecular formula is C22H30O5. The van der Waals surface area contributed by atoms with Crippen molar-refractivity contribution in [2.24, 2.45) is 34.5 Å². The highest BCUT2D eigenvalue weighted by atomic mass is 16.3. The van der Waals surface area contributed by atoms with Crippen molar-refractivity contribution in [1.29, 1.82) is 0 Å². The fraction of sp³-hybridized carbons (Fsp3) is 0.727. The molecule has 4 aliphatic rings. The lowest BCUT2D eigenvalue weighted by Gasteiger charge is -2.60. The SMILES string of the molecule is [2H]C1=CC(=O)C=C2[C@@H](C)C[C@H]3[C@@H]4CC[C@](O)(C(=O)CO)[C@@]4(C)C([2H])[C@]([2H])(O)[C@]3([2H])[C@@]12C. The average molecular weight is 379 g/mol. The summed E-state index contributed by atoms with van der Waals surface area (Å²) >= 11 is 0. The molecule has 0 aromatic carbocycles. The molecule has 5 nitrogen and oxygen atoms in total. The van der Waals surface area contributed by atoms with Crippen LogP contribution in [0.1, 0.15) is 51.9 Å². The Bertz CT molecular complexity index is 931. The molecule has 3 fully saturated rings. The van der Waals surface area contributed by atoms with E-state index in [0.717, 1.165) is 6.08 Å². The Morgan fingerprint density at radius 1 is 1.48 bits per heavy atom. The fourth-order valence-electron chi connectivity index (χ4n) is 6.33. The topological polar surface area (TPSA) is 94.8 Å². The van der Waals surface area contributed by atoms with E-state index in [0.29, 0.717) is 18.4 Å². The molecule has 4 aliphatic carbocycles. The minimum absolute atomic E-state index is 0.0263. The third-order valence-electron chi connectivity index (χ3n) is 7.71. The minimum Gasteiger partial charge on any atom is -0.393 e. The Morgan fingerprint density at radius 3 is 2.85 bits per heavy atom. The van der Waals surface area contributed by atoms with Gasteiger partial charge in [0.25, 0.3) is 0 Å². The van der Waals surface area contributed by atoms with Crippen molar-refractivity contribution < 1.29 is 30.4 Å². The number of Topliss-reactive ketones (excluding diaryl/α,β-unsaturated/α-hetero) is 1. The van der Waals surface area contributed by atoms with E-state index >= 15 is 0 Å². The van der Waals surface area contributed by atoms with Crippen molar-refractivity contribution in [2.45, 2.75) is 58.1 Å². The predicted octanol–water partition coefficient (Wildman–Crippen LogP) is 1.80. The Hall–Kier alpha value is -1.30. The van der Waals surface area contributed by atoms with Gasteiger partial charge in [-0.2, -0.15) is 0 Å². The van der Waals surface area contributed by atoms with Crippen molar-refractivity contribution in [3.63, 3.8) is 0 Å². The molecular weight excluding hydrogens is 344 g/mol. The molecule has 9 atom stereocenters. The highest BCUT2D eigenvalue weighted by Crippen LogP contribution is 2.67. The van der Waals surface area contributed by atoms with Crippen molar-refractivity contribution in [1.82, 2.24) is 0 Å². The second-order valence-corrected chi connectivity index (χ2v) is 8.97. The van der Waals surface area contributed by atoms with Crippen LogP contribution < -0.4 is 0 Å². The molecule has 4 rings (SSSR count). The smallest absolute Gasteiger partial charge is 0.190 e. The largest absolute Gasteiger partial charge is 0.393 e. The number of aliphatic hydroxyl groups is 3. The second-order valence-electron chi connectivity index (χ2n) is 8.97. The van der Waals surface area contributed by atoms with E-state index in [1.165, 1.54) is 13.0 Å². The van der Waals surface area contributed by atoms with Crippen molar-refractivity contribution in [3.05, 3.63) is 23.8 Å². The zero-order valence-electron chi connectivity index (χ0n) is 20.0. The maximum Gasteiger partial charge on any atom is 0.190 e. The van der Waals surface area contributed by atoms with Gasteiger partial charge in [-0.25, -0.2) is 0 Å². The minimum atomic E-state index is -2.76. The lowest BCUT2D eigenvalue weighted by Crippen LogP contribution is -2.62. The van der Waals surface area contributed by atoms with Gasteiger partial charge in [-0.15, -0.1) is 0 Å². The van der Waals surface area contributed by atoms with Gasteiger partial charge in [-0.3, -0.25) is 9.59 Å². The summed E-state index contributed by atoms with van der Waals surface area (Å²) in [7, 11) is 0. The summed E-state index contributed by atoms with van der Waals surface area (Å²) in [6.45, 7) is 4.06. The Balaban J connectivity index is 1.98. The molecule has 0 radical (unpaired) electrons. The van der Waals surface area contributed by atoms with Gasteiger partial charge in [0.15, 0.2) is 11.6 Å². The monoisotopic (exact) mass is 378 g/mol. The quantitative estimate of drug-likeness (QED) is 0.681. The summed E-state index contributed by atoms with van der Waals surface area (Å²) in [4.78, 5) is 24.7. The lowest BCUT2D eigenvalue weighted by atomic mass is 9.45. The van der Waals surface area contributed by atoms with Crippen LogP contribution in [-0.4, -0.2) is 45.2 Å². The third-order valence-corrected chi connectivity index (χ3v) is 7.71. The standard InChI is InChI=1S/C22H30O5/c1-12-8-14-15-5-7-22(27,18(26)11-23)21(15,3)10-17(25)19(14)20(2)6-4-13(24)9-16(12)20/h4,6,9,12,14-15,17,19,23,25,27H,5,7-8,10-11H2,1-3H3/t12-,14-,15-,17-,19+,20-,21-,22-/m0/s1/i6D,10D,17D,19D/t10?,12-,14-,15-,17-,19+,20-,21-,22-. The summed E-state index contributed by atoms with van der Waals surface area (Å²) in [5.41, 5.74) is -4.59. The summed E-state index contributed by atoms with van der Waals surface area (Å²) < 4.78 is 36.0. The molecule has 3 saturated carbocycles. The zero-order valence-corrected chi connectivity index (χ0v) is 16.0. The van der Waals surface area contributed by atoms with Gasteiger partial charge in [0, 0.05) is 19.5 Å². The van der Waals surface area contributed by atoms with Crippen LogP contribution in [0.5, 0.6) is 0 Å². The molecule has 0 aromatic heterocycles. The molecule has 27 heavy (non-hydrogen) atoms. The maximum atomic E-state index is 12.6. The average Bonchev–Trinajstić information content (AvgIpc) is 2.97. The first kappa shape index (κ1) is 14.7. The molecule has 0 saturated heterocycles. The van der Waals surface area contributed by atoms with E-state index in [-0.39, 0.29) is 24.2 Å². The number of allylic oxidation sites excluding steroid dienone is 4. The number of fused-ring (bicyclic) bond motifs is 5. The van der Waals surface area contributed by atoms with Crippen LogP contribution in [0.25, 0.3) is 0 Å². The molecule has 0 spiro atoms. The van der Waals surface area contributed by atoms with Crippen LogP contribution >= 0.6 is 0 Å². The maximum absolute atomic E-state index is 12.6. The van der Waals surface area contributed by atoms with E-state index in [1.807, 2.05) is 6.92 Å². The number of rotatable bonds is 2. The molecule has 0 aromatic rings. The van der Waals surface area contributed by atoms with E-state index < -0.39 is 59.0 Å². The highest BCUT2D eigenvalue weighted by Gasteiger charge is 2.68. The zero-order chi connectivity index (χ0) is 23.4.